The number of hydrogen-bond acceptors (Lipinski definition) is 2. The number of hydrogen-bond donors (Lipinski definition) is 1. The van der Waals surface area contributed by atoms with E-state index in [1.807, 2.05) is 12.3 Å². The maximum absolute atomic E-state index is 6.45. The summed E-state index contributed by atoms with van der Waals surface area (Å²) in [5.41, 5.74) is 12.2. The van der Waals surface area contributed by atoms with E-state index in [0.717, 1.165) is 16.5 Å². The normalized spacial score (nSPS) is 12.6. The lowest BCUT2D eigenvalue weighted by Gasteiger charge is -2.16. The van der Waals surface area contributed by atoms with Crippen LogP contribution in [0.25, 0.3) is 10.9 Å². The van der Waals surface area contributed by atoms with Gasteiger partial charge in [-0.1, -0.05) is 42.0 Å². The molecule has 0 saturated carbocycles. The summed E-state index contributed by atoms with van der Waals surface area (Å²) in [6.07, 6.45) is 1.82. The van der Waals surface area contributed by atoms with Crippen molar-refractivity contribution in [3.05, 3.63) is 77.0 Å². The second kappa shape index (κ2) is 5.06. The average Bonchev–Trinajstić information content (AvgIpc) is 2.48. The van der Waals surface area contributed by atoms with Crippen LogP contribution in [0, 0.1) is 13.8 Å². The summed E-state index contributed by atoms with van der Waals surface area (Å²) in [6, 6.07) is 16.6. The molecule has 1 unspecified atom stereocenters. The summed E-state index contributed by atoms with van der Waals surface area (Å²) < 4.78 is 0. The lowest BCUT2D eigenvalue weighted by atomic mass is 9.94. The zero-order chi connectivity index (χ0) is 14.1. The Bertz CT molecular complexity index is 762. The van der Waals surface area contributed by atoms with Gasteiger partial charge < -0.3 is 5.73 Å². The second-order valence-corrected chi connectivity index (χ2v) is 5.29. The molecule has 0 aliphatic heterocycles. The number of fused-ring (bicyclic) bond motifs is 1. The molecule has 0 aliphatic carbocycles. The molecular weight excluding hydrogens is 244 g/mol. The van der Waals surface area contributed by atoms with Gasteiger partial charge in [-0.25, -0.2) is 0 Å². The van der Waals surface area contributed by atoms with Crippen LogP contribution in [0.5, 0.6) is 0 Å². The molecule has 20 heavy (non-hydrogen) atoms. The predicted octanol–water partition coefficient (Wildman–Crippen LogP) is 3.90. The fraction of sp³-hybridized carbons (Fsp3) is 0.167. The van der Waals surface area contributed by atoms with Crippen molar-refractivity contribution >= 4 is 10.9 Å². The lowest BCUT2D eigenvalue weighted by Crippen LogP contribution is -2.13. The summed E-state index contributed by atoms with van der Waals surface area (Å²) in [5.74, 6) is 0. The van der Waals surface area contributed by atoms with E-state index in [-0.39, 0.29) is 6.04 Å². The van der Waals surface area contributed by atoms with Gasteiger partial charge in [-0.05, 0) is 42.7 Å². The minimum atomic E-state index is -0.110. The van der Waals surface area contributed by atoms with E-state index in [9.17, 15) is 0 Å². The first-order chi connectivity index (χ1) is 9.65. The topological polar surface area (TPSA) is 38.9 Å². The van der Waals surface area contributed by atoms with E-state index in [1.165, 1.54) is 16.7 Å². The van der Waals surface area contributed by atoms with Gasteiger partial charge in [0.15, 0.2) is 0 Å². The van der Waals surface area contributed by atoms with Gasteiger partial charge in [0.2, 0.25) is 0 Å². The Morgan fingerprint density at radius 2 is 1.85 bits per heavy atom. The van der Waals surface area contributed by atoms with Gasteiger partial charge in [-0.3, -0.25) is 4.98 Å². The van der Waals surface area contributed by atoms with Crippen molar-refractivity contribution in [1.82, 2.24) is 4.98 Å². The highest BCUT2D eigenvalue weighted by molar-refractivity contribution is 5.79. The summed E-state index contributed by atoms with van der Waals surface area (Å²) >= 11 is 0. The number of aryl methyl sites for hydroxylation is 2. The monoisotopic (exact) mass is 262 g/mol. The van der Waals surface area contributed by atoms with Crippen molar-refractivity contribution in [3.8, 4) is 0 Å². The fourth-order valence-corrected chi connectivity index (χ4v) is 2.55. The maximum atomic E-state index is 6.45. The molecule has 0 spiro atoms. The van der Waals surface area contributed by atoms with E-state index >= 15 is 0 Å². The van der Waals surface area contributed by atoms with Crippen LogP contribution in [0.2, 0.25) is 0 Å². The molecule has 0 saturated heterocycles. The molecule has 2 nitrogen and oxygen atoms in total. The summed E-state index contributed by atoms with van der Waals surface area (Å²) in [6.45, 7) is 4.20. The highest BCUT2D eigenvalue weighted by Gasteiger charge is 2.12. The number of benzene rings is 2. The Morgan fingerprint density at radius 3 is 2.70 bits per heavy atom. The Morgan fingerprint density at radius 1 is 1.00 bits per heavy atom. The van der Waals surface area contributed by atoms with Crippen molar-refractivity contribution in [2.24, 2.45) is 5.73 Å². The van der Waals surface area contributed by atoms with Crippen LogP contribution >= 0.6 is 0 Å². The van der Waals surface area contributed by atoms with E-state index in [4.69, 9.17) is 5.73 Å². The molecule has 3 aromatic rings. The minimum Gasteiger partial charge on any atom is -0.320 e. The highest BCUT2D eigenvalue weighted by atomic mass is 14.7. The molecular formula is C18H18N2. The van der Waals surface area contributed by atoms with Crippen molar-refractivity contribution in [2.75, 3.05) is 0 Å². The van der Waals surface area contributed by atoms with Crippen LogP contribution in [0.3, 0.4) is 0 Å². The molecule has 0 aliphatic rings. The van der Waals surface area contributed by atoms with E-state index < -0.39 is 0 Å². The summed E-state index contributed by atoms with van der Waals surface area (Å²) in [7, 11) is 0. The smallest absolute Gasteiger partial charge is 0.0705 e. The van der Waals surface area contributed by atoms with Gasteiger partial charge in [-0.2, -0.15) is 0 Å². The lowest BCUT2D eigenvalue weighted by molar-refractivity contribution is 0.861. The molecule has 2 aromatic carbocycles. The first-order valence-corrected chi connectivity index (χ1v) is 6.82. The van der Waals surface area contributed by atoms with Gasteiger partial charge >= 0.3 is 0 Å². The van der Waals surface area contributed by atoms with E-state index in [0.29, 0.717) is 0 Å². The molecule has 0 fully saturated rings. The Balaban J connectivity index is 2.07. The van der Waals surface area contributed by atoms with Gasteiger partial charge in [0.1, 0.15) is 0 Å². The van der Waals surface area contributed by atoms with Gasteiger partial charge in [0.05, 0.1) is 11.6 Å². The van der Waals surface area contributed by atoms with Gasteiger partial charge in [0, 0.05) is 11.6 Å². The third-order valence-corrected chi connectivity index (χ3v) is 3.76. The predicted molar refractivity (Wildman–Crippen MR) is 83.7 cm³/mol. The van der Waals surface area contributed by atoms with Crippen LogP contribution in [0.4, 0.5) is 0 Å². The SMILES string of the molecule is Cc1ccc(C)c(C(N)c2ccc3cccnc3c2)c1. The third-order valence-electron chi connectivity index (χ3n) is 3.76. The van der Waals surface area contributed by atoms with Crippen molar-refractivity contribution in [1.29, 1.82) is 0 Å². The van der Waals surface area contributed by atoms with Crippen molar-refractivity contribution in [2.45, 2.75) is 19.9 Å². The summed E-state index contributed by atoms with van der Waals surface area (Å²) in [4.78, 5) is 4.40. The number of nitrogens with zero attached hydrogens (tertiary/aromatic N) is 1. The highest BCUT2D eigenvalue weighted by Crippen LogP contribution is 2.25. The molecule has 1 aromatic heterocycles. The molecule has 1 atom stereocenters. The van der Waals surface area contributed by atoms with E-state index in [1.54, 1.807) is 0 Å². The van der Waals surface area contributed by atoms with Crippen molar-refractivity contribution in [3.63, 3.8) is 0 Å². The number of rotatable bonds is 2. The number of pyridine rings is 1. The molecule has 1 heterocycles. The van der Waals surface area contributed by atoms with Gasteiger partial charge in [-0.15, -0.1) is 0 Å². The van der Waals surface area contributed by atoms with Crippen LogP contribution < -0.4 is 5.73 Å². The fourth-order valence-electron chi connectivity index (χ4n) is 2.55. The van der Waals surface area contributed by atoms with Crippen LogP contribution in [0.15, 0.2) is 54.7 Å². The van der Waals surface area contributed by atoms with E-state index in [2.05, 4.69) is 61.3 Å². The molecule has 2 heteroatoms. The zero-order valence-electron chi connectivity index (χ0n) is 11.8. The second-order valence-electron chi connectivity index (χ2n) is 5.29. The van der Waals surface area contributed by atoms with Crippen LogP contribution in [0.1, 0.15) is 28.3 Å². The molecule has 2 N–H and O–H groups in total. The number of aromatic nitrogens is 1. The minimum absolute atomic E-state index is 0.110. The average molecular weight is 262 g/mol. The largest absolute Gasteiger partial charge is 0.320 e. The Labute approximate surface area is 119 Å². The first-order valence-electron chi connectivity index (χ1n) is 6.82. The molecule has 0 bridgehead atoms. The maximum Gasteiger partial charge on any atom is 0.0705 e. The molecule has 3 rings (SSSR count). The Kier molecular flexibility index (Phi) is 3.25. The standard InChI is InChI=1S/C18H18N2/c1-12-5-6-13(2)16(10-12)18(19)15-8-7-14-4-3-9-20-17(14)11-15/h3-11,18H,19H2,1-2H3. The first kappa shape index (κ1) is 12.8. The third kappa shape index (κ3) is 2.30. The van der Waals surface area contributed by atoms with Crippen LogP contribution in [-0.4, -0.2) is 4.98 Å². The zero-order valence-corrected chi connectivity index (χ0v) is 11.8. The quantitative estimate of drug-likeness (QED) is 0.760. The number of nitrogens with two attached hydrogens (primary N) is 1. The van der Waals surface area contributed by atoms with Crippen molar-refractivity contribution < 1.29 is 0 Å². The van der Waals surface area contributed by atoms with Gasteiger partial charge in [0.25, 0.3) is 0 Å². The molecule has 0 radical (unpaired) electrons. The molecule has 0 amide bonds. The Hall–Kier alpha value is -2.19. The van der Waals surface area contributed by atoms with Crippen LogP contribution in [-0.2, 0) is 0 Å². The molecule has 100 valence electrons. The summed E-state index contributed by atoms with van der Waals surface area (Å²) in [5, 5.41) is 1.14.